The summed E-state index contributed by atoms with van der Waals surface area (Å²) in [5.41, 5.74) is 2.82. The van der Waals surface area contributed by atoms with Gasteiger partial charge in [-0.2, -0.15) is 5.01 Å². The number of hydroxylamine groups is 2. The number of rotatable bonds is 12. The van der Waals surface area contributed by atoms with Crippen molar-refractivity contribution in [3.05, 3.63) is 30.3 Å². The topological polar surface area (TPSA) is 99.2 Å². The number of hydrogen-bond acceptors (Lipinski definition) is 6. The zero-order valence-corrected chi connectivity index (χ0v) is 16.8. The van der Waals surface area contributed by atoms with Crippen LogP contribution >= 0.6 is 0 Å². The van der Waals surface area contributed by atoms with Crippen molar-refractivity contribution in [2.75, 3.05) is 13.1 Å². The summed E-state index contributed by atoms with van der Waals surface area (Å²) in [7, 11) is 0. The maximum Gasteiger partial charge on any atom is 0.436 e. The first-order valence-electron chi connectivity index (χ1n) is 9.64. The van der Waals surface area contributed by atoms with Crippen molar-refractivity contribution in [2.45, 2.75) is 46.5 Å². The van der Waals surface area contributed by atoms with E-state index >= 15 is 0 Å². The summed E-state index contributed by atoms with van der Waals surface area (Å²) >= 11 is 0. The fraction of sp³-hybridized carbons (Fsp3) is 0.550. The SMILES string of the molecule is CCCCC[C@H](CN(O)C=O)C(=O)N(NCC(C)C)C(=O)Oc1ccccc1. The van der Waals surface area contributed by atoms with Gasteiger partial charge in [-0.25, -0.2) is 15.3 Å². The molecule has 1 rings (SSSR count). The van der Waals surface area contributed by atoms with Crippen LogP contribution in [0.15, 0.2) is 30.3 Å². The summed E-state index contributed by atoms with van der Waals surface area (Å²) in [6.07, 6.45) is 2.44. The molecule has 0 spiro atoms. The van der Waals surface area contributed by atoms with Crippen molar-refractivity contribution in [1.29, 1.82) is 0 Å². The highest BCUT2D eigenvalue weighted by Gasteiger charge is 2.31. The van der Waals surface area contributed by atoms with E-state index in [-0.39, 0.29) is 18.9 Å². The van der Waals surface area contributed by atoms with Crippen LogP contribution in [0.5, 0.6) is 5.75 Å². The molecular formula is C20H31N3O5. The van der Waals surface area contributed by atoms with E-state index in [1.54, 1.807) is 30.3 Å². The van der Waals surface area contributed by atoms with Crippen LogP contribution in [0.25, 0.3) is 0 Å². The molecule has 28 heavy (non-hydrogen) atoms. The number of hydrazine groups is 1. The van der Waals surface area contributed by atoms with Crippen molar-refractivity contribution < 1.29 is 24.3 Å². The highest BCUT2D eigenvalue weighted by atomic mass is 16.6. The first kappa shape index (κ1) is 23.6. The van der Waals surface area contributed by atoms with Crippen molar-refractivity contribution in [2.24, 2.45) is 11.8 Å². The number of nitrogens with zero attached hydrogens (tertiary/aromatic N) is 2. The van der Waals surface area contributed by atoms with E-state index in [0.717, 1.165) is 24.3 Å². The third-order valence-corrected chi connectivity index (χ3v) is 4.04. The van der Waals surface area contributed by atoms with Crippen LogP contribution in [0.3, 0.4) is 0 Å². The number of unbranched alkanes of at least 4 members (excludes halogenated alkanes) is 2. The lowest BCUT2D eigenvalue weighted by atomic mass is 10.00. The lowest BCUT2D eigenvalue weighted by Gasteiger charge is -2.27. The van der Waals surface area contributed by atoms with Gasteiger partial charge in [0.05, 0.1) is 12.5 Å². The lowest BCUT2D eigenvalue weighted by molar-refractivity contribution is -0.157. The van der Waals surface area contributed by atoms with Crippen LogP contribution < -0.4 is 10.2 Å². The quantitative estimate of drug-likeness (QED) is 0.245. The summed E-state index contributed by atoms with van der Waals surface area (Å²) in [6.45, 7) is 6.12. The molecule has 0 aromatic heterocycles. The zero-order chi connectivity index (χ0) is 20.9. The van der Waals surface area contributed by atoms with Gasteiger partial charge in [0.15, 0.2) is 0 Å². The Morgan fingerprint density at radius 1 is 1.21 bits per heavy atom. The Kier molecular flexibility index (Phi) is 10.8. The molecule has 0 aliphatic rings. The maximum absolute atomic E-state index is 13.0. The second kappa shape index (κ2) is 12.9. The first-order chi connectivity index (χ1) is 13.4. The molecule has 0 radical (unpaired) electrons. The molecule has 0 bridgehead atoms. The van der Waals surface area contributed by atoms with E-state index in [9.17, 15) is 19.6 Å². The molecule has 0 aliphatic heterocycles. The van der Waals surface area contributed by atoms with E-state index in [2.05, 4.69) is 5.43 Å². The fourth-order valence-electron chi connectivity index (χ4n) is 2.53. The van der Waals surface area contributed by atoms with Crippen LogP contribution in [0, 0.1) is 11.8 Å². The molecule has 1 atom stereocenters. The Bertz CT molecular complexity index is 609. The standard InChI is InChI=1S/C20H31N3O5/c1-4-5-7-10-17(14-22(27)15-24)19(25)23(21-13-16(2)3)20(26)28-18-11-8-6-9-12-18/h6,8-9,11-12,15-17,21,27H,4-5,7,10,13-14H2,1-3H3/t17-/m1/s1. The van der Waals surface area contributed by atoms with Gasteiger partial charge in [0.2, 0.25) is 6.41 Å². The lowest BCUT2D eigenvalue weighted by Crippen LogP contribution is -2.53. The Morgan fingerprint density at radius 2 is 1.89 bits per heavy atom. The third kappa shape index (κ3) is 8.49. The second-order valence-corrected chi connectivity index (χ2v) is 7.03. The molecular weight excluding hydrogens is 362 g/mol. The number of benzene rings is 1. The molecule has 1 aromatic carbocycles. The average molecular weight is 393 g/mol. The molecule has 2 N–H and O–H groups in total. The van der Waals surface area contributed by atoms with Crippen LogP contribution in [0.4, 0.5) is 4.79 Å². The van der Waals surface area contributed by atoms with Crippen molar-refractivity contribution in [3.8, 4) is 5.75 Å². The Balaban J connectivity index is 2.96. The monoisotopic (exact) mass is 393 g/mol. The van der Waals surface area contributed by atoms with Crippen molar-refractivity contribution in [3.63, 3.8) is 0 Å². The normalized spacial score (nSPS) is 11.8. The molecule has 0 heterocycles. The number of carbonyl (C=O) groups excluding carboxylic acids is 3. The van der Waals surface area contributed by atoms with Gasteiger partial charge in [-0.3, -0.25) is 14.8 Å². The van der Waals surface area contributed by atoms with Gasteiger partial charge in [-0.15, -0.1) is 0 Å². The van der Waals surface area contributed by atoms with Crippen LogP contribution in [0.2, 0.25) is 0 Å². The predicted molar refractivity (Wildman–Crippen MR) is 104 cm³/mol. The van der Waals surface area contributed by atoms with E-state index in [0.29, 0.717) is 23.8 Å². The summed E-state index contributed by atoms with van der Waals surface area (Å²) in [5, 5.41) is 10.8. The van der Waals surface area contributed by atoms with Crippen LogP contribution in [-0.4, -0.2) is 46.8 Å². The van der Waals surface area contributed by atoms with Crippen molar-refractivity contribution >= 4 is 18.4 Å². The Labute approximate surface area is 166 Å². The molecule has 3 amide bonds. The number of ether oxygens (including phenoxy) is 1. The molecule has 0 unspecified atom stereocenters. The predicted octanol–water partition coefficient (Wildman–Crippen LogP) is 3.22. The second-order valence-electron chi connectivity index (χ2n) is 7.03. The summed E-state index contributed by atoms with van der Waals surface area (Å²) in [5.74, 6) is -0.776. The van der Waals surface area contributed by atoms with Gasteiger partial charge in [-0.1, -0.05) is 58.2 Å². The van der Waals surface area contributed by atoms with E-state index < -0.39 is 17.9 Å². The molecule has 156 valence electrons. The third-order valence-electron chi connectivity index (χ3n) is 4.04. The number of carbonyl (C=O) groups is 3. The Hall–Kier alpha value is -2.45. The van der Waals surface area contributed by atoms with Gasteiger partial charge < -0.3 is 4.74 Å². The van der Waals surface area contributed by atoms with E-state index in [4.69, 9.17) is 4.74 Å². The molecule has 0 aliphatic carbocycles. The Morgan fingerprint density at radius 3 is 2.46 bits per heavy atom. The smallest absolute Gasteiger partial charge is 0.409 e. The number of amides is 3. The maximum atomic E-state index is 13.0. The van der Waals surface area contributed by atoms with Gasteiger partial charge in [0.25, 0.3) is 5.91 Å². The van der Waals surface area contributed by atoms with Gasteiger partial charge in [0.1, 0.15) is 5.75 Å². The minimum atomic E-state index is -0.854. The average Bonchev–Trinajstić information content (AvgIpc) is 2.67. The van der Waals surface area contributed by atoms with E-state index in [1.165, 1.54) is 0 Å². The number of imide groups is 1. The highest BCUT2D eigenvalue weighted by molar-refractivity contribution is 5.93. The molecule has 0 saturated carbocycles. The van der Waals surface area contributed by atoms with Crippen LogP contribution in [-0.2, 0) is 9.59 Å². The molecule has 0 fully saturated rings. The number of para-hydroxylation sites is 1. The minimum absolute atomic E-state index is 0.183. The molecule has 8 nitrogen and oxygen atoms in total. The molecule has 0 saturated heterocycles. The van der Waals surface area contributed by atoms with Gasteiger partial charge in [-0.05, 0) is 24.5 Å². The zero-order valence-electron chi connectivity index (χ0n) is 16.8. The minimum Gasteiger partial charge on any atom is -0.409 e. The summed E-state index contributed by atoms with van der Waals surface area (Å²) in [4.78, 5) is 36.5. The summed E-state index contributed by atoms with van der Waals surface area (Å²) < 4.78 is 5.30. The van der Waals surface area contributed by atoms with Crippen LogP contribution in [0.1, 0.15) is 46.5 Å². The van der Waals surface area contributed by atoms with Gasteiger partial charge in [0, 0.05) is 6.54 Å². The number of nitrogens with one attached hydrogen (secondary N) is 1. The highest BCUT2D eigenvalue weighted by Crippen LogP contribution is 2.16. The van der Waals surface area contributed by atoms with E-state index in [1.807, 2.05) is 20.8 Å². The van der Waals surface area contributed by atoms with Gasteiger partial charge >= 0.3 is 6.09 Å². The largest absolute Gasteiger partial charge is 0.436 e. The number of hydrogen-bond donors (Lipinski definition) is 2. The molecule has 1 aromatic rings. The summed E-state index contributed by atoms with van der Waals surface area (Å²) in [6, 6.07) is 8.46. The first-order valence-corrected chi connectivity index (χ1v) is 9.64. The molecule has 8 heteroatoms. The van der Waals surface area contributed by atoms with Crippen molar-refractivity contribution in [1.82, 2.24) is 15.5 Å². The fourth-order valence-corrected chi connectivity index (χ4v) is 2.53.